The molecule has 7 rings (SSSR count). The Kier molecular flexibility index (Phi) is 10.9. The summed E-state index contributed by atoms with van der Waals surface area (Å²) in [7, 11) is -3.69. The van der Waals surface area contributed by atoms with Crippen LogP contribution in [-0.4, -0.2) is 71.3 Å². The van der Waals surface area contributed by atoms with Crippen molar-refractivity contribution in [2.24, 2.45) is 5.73 Å². The Morgan fingerprint density at radius 1 is 0.929 bits per heavy atom. The first-order chi connectivity index (χ1) is 26.7. The lowest BCUT2D eigenvalue weighted by atomic mass is 9.73. The number of hydrogen-bond donors (Lipinski definition) is 3. The highest BCUT2D eigenvalue weighted by Crippen LogP contribution is 2.53. The van der Waals surface area contributed by atoms with Gasteiger partial charge in [0.15, 0.2) is 0 Å². The summed E-state index contributed by atoms with van der Waals surface area (Å²) in [5.74, 6) is -1.03. The summed E-state index contributed by atoms with van der Waals surface area (Å²) in [5, 5.41) is 3.94. The normalized spacial score (nSPS) is 17.2. The number of amides is 2. The number of nitrogens with zero attached hydrogens (tertiary/aromatic N) is 2. The number of rotatable bonds is 12. The number of piperidine rings is 1. The van der Waals surface area contributed by atoms with Crippen molar-refractivity contribution in [2.75, 3.05) is 19.3 Å². The molecule has 1 spiro atoms. The standard InChI is InChI=1S/C44H49N5O6S/c1-43(2,45)42(52)47-38(25-33-27-46-37-16-10-8-13-34(33)37)40(50)48-23-21-44(22-24-48)26-39(35-14-7-9-15-36(35)44)49(56(3,53)54)28-30-17-19-32(20-18-30)41(51)55-29-31-11-5-4-6-12-31/h4-20,27,38-39,46H,21-26,28-29,45H2,1-3H3,(H,47,52)/t38-,39?/m1/s1. The van der Waals surface area contributed by atoms with E-state index >= 15 is 0 Å². The highest BCUT2D eigenvalue weighted by molar-refractivity contribution is 7.88. The third kappa shape index (κ3) is 8.28. The van der Waals surface area contributed by atoms with Gasteiger partial charge in [0, 0.05) is 48.6 Å². The molecule has 2 heterocycles. The number of hydrogen-bond acceptors (Lipinski definition) is 7. The molecule has 0 radical (unpaired) electrons. The van der Waals surface area contributed by atoms with Gasteiger partial charge in [-0.05, 0) is 79.1 Å². The third-order valence-corrected chi connectivity index (χ3v) is 12.5. The van der Waals surface area contributed by atoms with Crippen molar-refractivity contribution >= 4 is 38.7 Å². The van der Waals surface area contributed by atoms with Gasteiger partial charge in [-0.1, -0.05) is 84.9 Å². The van der Waals surface area contributed by atoms with Crippen LogP contribution in [0.4, 0.5) is 0 Å². The number of carbonyl (C=O) groups is 3. The highest BCUT2D eigenvalue weighted by Gasteiger charge is 2.49. The molecule has 1 aliphatic heterocycles. The number of nitrogens with two attached hydrogens (primary N) is 1. The zero-order valence-corrected chi connectivity index (χ0v) is 32.8. The maximum absolute atomic E-state index is 14.3. The molecule has 1 unspecified atom stereocenters. The summed E-state index contributed by atoms with van der Waals surface area (Å²) in [5.41, 5.74) is 10.6. The van der Waals surface area contributed by atoms with Gasteiger partial charge < -0.3 is 25.7 Å². The fourth-order valence-electron chi connectivity index (χ4n) is 8.22. The molecule has 5 aromatic rings. The Labute approximate surface area is 328 Å². The average molecular weight is 776 g/mol. The smallest absolute Gasteiger partial charge is 0.338 e. The van der Waals surface area contributed by atoms with Crippen LogP contribution in [0.15, 0.2) is 109 Å². The molecular formula is C44H49N5O6S. The molecule has 1 saturated heterocycles. The Morgan fingerprint density at radius 3 is 2.29 bits per heavy atom. The Bertz CT molecular complexity index is 2330. The molecule has 12 heteroatoms. The minimum Gasteiger partial charge on any atom is -0.457 e. The fraction of sp³-hybridized carbons (Fsp3) is 0.341. The summed E-state index contributed by atoms with van der Waals surface area (Å²) in [6.45, 7) is 4.43. The maximum Gasteiger partial charge on any atom is 0.338 e. The highest BCUT2D eigenvalue weighted by atomic mass is 32.2. The summed E-state index contributed by atoms with van der Waals surface area (Å²) in [6.07, 6.45) is 5.27. The van der Waals surface area contributed by atoms with E-state index in [1.807, 2.05) is 83.9 Å². The zero-order chi connectivity index (χ0) is 39.7. The molecule has 0 bridgehead atoms. The van der Waals surface area contributed by atoms with Crippen LogP contribution in [0.2, 0.25) is 0 Å². The molecule has 4 aromatic carbocycles. The number of likely N-dealkylation sites (tertiary alicyclic amines) is 1. The first-order valence-electron chi connectivity index (χ1n) is 19.0. The number of carbonyl (C=O) groups excluding carboxylic acids is 3. The van der Waals surface area contributed by atoms with E-state index in [1.165, 1.54) is 6.26 Å². The van der Waals surface area contributed by atoms with Gasteiger partial charge in [-0.25, -0.2) is 13.2 Å². The molecular weight excluding hydrogens is 727 g/mol. The lowest BCUT2D eigenvalue weighted by Crippen LogP contribution is -2.58. The lowest BCUT2D eigenvalue weighted by Gasteiger charge is -2.42. The van der Waals surface area contributed by atoms with Crippen molar-refractivity contribution in [1.82, 2.24) is 19.5 Å². The SMILES string of the molecule is CC(C)(N)C(=O)N[C@H](Cc1c[nH]c2ccccc12)C(=O)N1CCC2(CC1)CC(N(Cc1ccc(C(=O)OCc3ccccc3)cc1)S(C)(=O)=O)c1ccccc12. The van der Waals surface area contributed by atoms with Crippen LogP contribution >= 0.6 is 0 Å². The van der Waals surface area contributed by atoms with Gasteiger partial charge in [-0.3, -0.25) is 9.59 Å². The summed E-state index contributed by atoms with van der Waals surface area (Å²) >= 11 is 0. The summed E-state index contributed by atoms with van der Waals surface area (Å²) in [6, 6.07) is 31.0. The average Bonchev–Trinajstić information content (AvgIpc) is 3.74. The minimum absolute atomic E-state index is 0.130. The minimum atomic E-state index is -3.69. The second kappa shape index (κ2) is 15.7. The van der Waals surface area contributed by atoms with Crippen LogP contribution < -0.4 is 11.1 Å². The number of para-hydroxylation sites is 1. The van der Waals surface area contributed by atoms with E-state index in [4.69, 9.17) is 10.5 Å². The third-order valence-electron chi connectivity index (χ3n) is 11.3. The van der Waals surface area contributed by atoms with Crippen LogP contribution in [0.25, 0.3) is 10.9 Å². The van der Waals surface area contributed by atoms with Crippen molar-refractivity contribution in [2.45, 2.75) is 75.7 Å². The van der Waals surface area contributed by atoms with Crippen LogP contribution in [0.5, 0.6) is 0 Å². The van der Waals surface area contributed by atoms with E-state index in [1.54, 1.807) is 42.4 Å². The van der Waals surface area contributed by atoms with Crippen molar-refractivity contribution in [3.8, 4) is 0 Å². The second-order valence-electron chi connectivity index (χ2n) is 15.8. The van der Waals surface area contributed by atoms with Gasteiger partial charge in [0.25, 0.3) is 0 Å². The number of ether oxygens (including phenoxy) is 1. The van der Waals surface area contributed by atoms with Crippen molar-refractivity contribution < 1.29 is 27.5 Å². The molecule has 292 valence electrons. The van der Waals surface area contributed by atoms with Gasteiger partial charge in [-0.2, -0.15) is 4.31 Å². The molecule has 1 fully saturated rings. The van der Waals surface area contributed by atoms with Gasteiger partial charge in [0.05, 0.1) is 23.4 Å². The number of aromatic amines is 1. The van der Waals surface area contributed by atoms with E-state index in [0.29, 0.717) is 44.3 Å². The Hall–Kier alpha value is -5.30. The topological polar surface area (TPSA) is 155 Å². The Morgan fingerprint density at radius 2 is 1.59 bits per heavy atom. The van der Waals surface area contributed by atoms with E-state index in [2.05, 4.69) is 16.4 Å². The van der Waals surface area contributed by atoms with Crippen LogP contribution in [0.3, 0.4) is 0 Å². The first-order valence-corrected chi connectivity index (χ1v) is 20.9. The van der Waals surface area contributed by atoms with Crippen LogP contribution in [0.1, 0.15) is 77.3 Å². The van der Waals surface area contributed by atoms with Crippen molar-refractivity contribution in [1.29, 1.82) is 0 Å². The summed E-state index contributed by atoms with van der Waals surface area (Å²) < 4.78 is 34.1. The molecule has 11 nitrogen and oxygen atoms in total. The molecule has 4 N–H and O–H groups in total. The number of benzene rings is 4. The first kappa shape index (κ1) is 39.0. The number of sulfonamides is 1. The lowest BCUT2D eigenvalue weighted by molar-refractivity contribution is -0.138. The molecule has 56 heavy (non-hydrogen) atoms. The van der Waals surface area contributed by atoms with Gasteiger partial charge in [0.1, 0.15) is 12.6 Å². The predicted molar refractivity (Wildman–Crippen MR) is 216 cm³/mol. The molecule has 0 saturated carbocycles. The zero-order valence-electron chi connectivity index (χ0n) is 32.0. The van der Waals surface area contributed by atoms with Crippen molar-refractivity contribution in [3.05, 3.63) is 143 Å². The van der Waals surface area contributed by atoms with Gasteiger partial charge in [-0.15, -0.1) is 0 Å². The Balaban J connectivity index is 1.07. The number of H-pyrrole nitrogens is 1. The van der Waals surface area contributed by atoms with E-state index in [-0.39, 0.29) is 24.5 Å². The molecule has 1 aliphatic carbocycles. The molecule has 2 amide bonds. The van der Waals surface area contributed by atoms with Crippen LogP contribution in [-0.2, 0) is 49.3 Å². The maximum atomic E-state index is 14.3. The van der Waals surface area contributed by atoms with E-state index in [0.717, 1.165) is 38.7 Å². The largest absolute Gasteiger partial charge is 0.457 e. The molecule has 2 atom stereocenters. The van der Waals surface area contributed by atoms with Crippen molar-refractivity contribution in [3.63, 3.8) is 0 Å². The van der Waals surface area contributed by atoms with Gasteiger partial charge in [0.2, 0.25) is 21.8 Å². The second-order valence-corrected chi connectivity index (χ2v) is 17.7. The van der Waals surface area contributed by atoms with E-state index in [9.17, 15) is 22.8 Å². The number of fused-ring (bicyclic) bond motifs is 3. The number of nitrogens with one attached hydrogen (secondary N) is 2. The monoisotopic (exact) mass is 775 g/mol. The fourth-order valence-corrected chi connectivity index (χ4v) is 9.26. The molecule has 2 aliphatic rings. The van der Waals surface area contributed by atoms with E-state index < -0.39 is 39.5 Å². The van der Waals surface area contributed by atoms with Gasteiger partial charge >= 0.3 is 5.97 Å². The number of esters is 1. The number of aromatic nitrogens is 1. The molecule has 1 aromatic heterocycles. The predicted octanol–water partition coefficient (Wildman–Crippen LogP) is 5.76. The van der Waals surface area contributed by atoms with Crippen LogP contribution in [0, 0.1) is 0 Å². The quantitative estimate of drug-likeness (QED) is 0.136. The summed E-state index contributed by atoms with van der Waals surface area (Å²) in [4.78, 5) is 45.3.